The highest BCUT2D eigenvalue weighted by atomic mass is 35.5. The van der Waals surface area contributed by atoms with Gasteiger partial charge in [-0.15, -0.1) is 0 Å². The minimum absolute atomic E-state index is 0.137. The number of nitrogens with one attached hydrogen (secondary N) is 2. The first-order chi connectivity index (χ1) is 16.1. The Bertz CT molecular complexity index is 1160. The summed E-state index contributed by atoms with van der Waals surface area (Å²) in [4.78, 5) is 29.0. The molecule has 1 aliphatic heterocycles. The Hall–Kier alpha value is -2.74. The van der Waals surface area contributed by atoms with Crippen LogP contribution in [-0.4, -0.2) is 46.9 Å². The van der Waals surface area contributed by atoms with E-state index >= 15 is 0 Å². The van der Waals surface area contributed by atoms with Crippen molar-refractivity contribution >= 4 is 46.6 Å². The molecule has 5 rings (SSSR count). The first-order valence-electron chi connectivity index (χ1n) is 11.1. The van der Waals surface area contributed by atoms with Crippen molar-refractivity contribution in [1.29, 1.82) is 0 Å². The number of benzene rings is 1. The van der Waals surface area contributed by atoms with Gasteiger partial charge in [0, 0.05) is 50.8 Å². The standard InChI is InChI=1S/C24H24Cl2N6O/c25-17-2-1-3-18(26)23(17)20(33)12-15-6-7-28-21(13-15)30-22-14-19(16-4-5-16)29-24(31-22)32-10-8-27-9-11-32/h1-3,6-7,13-14,16,27H,4-5,8-12H2,(H,28,29,30,31). The Labute approximate surface area is 202 Å². The Kier molecular flexibility index (Phi) is 6.44. The number of carbonyl (C=O) groups is 1. The number of Topliss-reactive ketones (excluding diaryl/α,β-unsaturated/α-hetero) is 1. The molecule has 170 valence electrons. The molecule has 2 aliphatic rings. The van der Waals surface area contributed by atoms with E-state index in [4.69, 9.17) is 33.2 Å². The second kappa shape index (κ2) is 9.63. The van der Waals surface area contributed by atoms with E-state index in [1.807, 2.05) is 18.2 Å². The van der Waals surface area contributed by atoms with Gasteiger partial charge in [0.05, 0.1) is 21.3 Å². The van der Waals surface area contributed by atoms with Gasteiger partial charge in [-0.05, 0) is 42.7 Å². The van der Waals surface area contributed by atoms with Gasteiger partial charge in [-0.3, -0.25) is 4.79 Å². The van der Waals surface area contributed by atoms with Crippen molar-refractivity contribution < 1.29 is 4.79 Å². The predicted molar refractivity (Wildman–Crippen MR) is 131 cm³/mol. The van der Waals surface area contributed by atoms with Crippen LogP contribution in [0.2, 0.25) is 10.0 Å². The summed E-state index contributed by atoms with van der Waals surface area (Å²) in [6.07, 6.45) is 4.18. The quantitative estimate of drug-likeness (QED) is 0.474. The lowest BCUT2D eigenvalue weighted by Crippen LogP contribution is -2.44. The van der Waals surface area contributed by atoms with Gasteiger partial charge in [0.25, 0.3) is 0 Å². The molecule has 0 radical (unpaired) electrons. The van der Waals surface area contributed by atoms with Gasteiger partial charge < -0.3 is 15.5 Å². The number of aromatic nitrogens is 3. The molecule has 2 fully saturated rings. The Morgan fingerprint density at radius 2 is 1.82 bits per heavy atom. The van der Waals surface area contributed by atoms with Gasteiger partial charge >= 0.3 is 0 Å². The van der Waals surface area contributed by atoms with Crippen LogP contribution in [-0.2, 0) is 6.42 Å². The van der Waals surface area contributed by atoms with Gasteiger partial charge in [-0.25, -0.2) is 9.97 Å². The van der Waals surface area contributed by atoms with Crippen LogP contribution in [0.1, 0.15) is 40.4 Å². The molecular formula is C24H24Cl2N6O. The fourth-order valence-corrected chi connectivity index (χ4v) is 4.54. The van der Waals surface area contributed by atoms with Gasteiger partial charge in [0.15, 0.2) is 5.78 Å². The molecule has 0 spiro atoms. The Balaban J connectivity index is 1.36. The first kappa shape index (κ1) is 22.1. The molecule has 9 heteroatoms. The van der Waals surface area contributed by atoms with Crippen molar-refractivity contribution in [1.82, 2.24) is 20.3 Å². The molecule has 3 aromatic rings. The minimum atomic E-state index is -0.137. The number of carbonyl (C=O) groups excluding carboxylic acids is 1. The summed E-state index contributed by atoms with van der Waals surface area (Å²) < 4.78 is 0. The van der Waals surface area contributed by atoms with Gasteiger partial charge in [0.2, 0.25) is 5.95 Å². The molecule has 0 unspecified atom stereocenters. The first-order valence-corrected chi connectivity index (χ1v) is 11.9. The Morgan fingerprint density at radius 3 is 2.55 bits per heavy atom. The maximum Gasteiger partial charge on any atom is 0.227 e. The number of piperazine rings is 1. The molecular weight excluding hydrogens is 459 g/mol. The zero-order chi connectivity index (χ0) is 22.8. The van der Waals surface area contributed by atoms with Gasteiger partial charge in [-0.1, -0.05) is 29.3 Å². The highest BCUT2D eigenvalue weighted by Gasteiger charge is 2.27. The maximum absolute atomic E-state index is 12.8. The van der Waals surface area contributed by atoms with E-state index in [1.165, 1.54) is 0 Å². The third kappa shape index (κ3) is 5.27. The second-order valence-electron chi connectivity index (χ2n) is 8.36. The lowest BCUT2D eigenvalue weighted by molar-refractivity contribution is 0.0993. The van der Waals surface area contributed by atoms with Crippen LogP contribution in [0, 0.1) is 0 Å². The molecule has 2 aromatic heterocycles. The predicted octanol–water partition coefficient (Wildman–Crippen LogP) is 4.63. The van der Waals surface area contributed by atoms with E-state index in [9.17, 15) is 4.79 Å². The number of nitrogens with zero attached hydrogens (tertiary/aromatic N) is 4. The molecule has 1 aromatic carbocycles. The van der Waals surface area contributed by atoms with E-state index in [-0.39, 0.29) is 12.2 Å². The van der Waals surface area contributed by atoms with E-state index < -0.39 is 0 Å². The number of ketones is 1. The summed E-state index contributed by atoms with van der Waals surface area (Å²) in [5.74, 6) is 2.46. The van der Waals surface area contributed by atoms with Gasteiger partial charge in [-0.2, -0.15) is 4.98 Å². The maximum atomic E-state index is 12.8. The second-order valence-corrected chi connectivity index (χ2v) is 9.17. The smallest absolute Gasteiger partial charge is 0.227 e. The minimum Gasteiger partial charge on any atom is -0.338 e. The summed E-state index contributed by atoms with van der Waals surface area (Å²) in [5.41, 5.74) is 2.23. The topological polar surface area (TPSA) is 83.0 Å². The van der Waals surface area contributed by atoms with Crippen LogP contribution in [0.5, 0.6) is 0 Å². The zero-order valence-corrected chi connectivity index (χ0v) is 19.5. The summed E-state index contributed by atoms with van der Waals surface area (Å²) in [6, 6.07) is 10.7. The van der Waals surface area contributed by atoms with Crippen LogP contribution in [0.25, 0.3) is 0 Å². The average Bonchev–Trinajstić information content (AvgIpc) is 3.65. The van der Waals surface area contributed by atoms with E-state index in [0.29, 0.717) is 33.2 Å². The van der Waals surface area contributed by atoms with Crippen LogP contribution in [0.15, 0.2) is 42.6 Å². The largest absolute Gasteiger partial charge is 0.338 e. The summed E-state index contributed by atoms with van der Waals surface area (Å²) >= 11 is 12.4. The number of anilines is 3. The van der Waals surface area contributed by atoms with E-state index in [2.05, 4.69) is 20.5 Å². The van der Waals surface area contributed by atoms with Crippen LogP contribution >= 0.6 is 23.2 Å². The lowest BCUT2D eigenvalue weighted by Gasteiger charge is -2.28. The summed E-state index contributed by atoms with van der Waals surface area (Å²) in [6.45, 7) is 3.61. The molecule has 3 heterocycles. The van der Waals surface area contributed by atoms with Crippen LogP contribution in [0.4, 0.5) is 17.6 Å². The molecule has 1 aliphatic carbocycles. The highest BCUT2D eigenvalue weighted by Crippen LogP contribution is 2.40. The fraction of sp³-hybridized carbons (Fsp3) is 0.333. The third-order valence-electron chi connectivity index (χ3n) is 5.82. The normalized spacial score (nSPS) is 16.0. The third-order valence-corrected chi connectivity index (χ3v) is 6.45. The van der Waals surface area contributed by atoms with Crippen molar-refractivity contribution in [3.63, 3.8) is 0 Å². The molecule has 1 saturated carbocycles. The zero-order valence-electron chi connectivity index (χ0n) is 18.0. The molecule has 2 N–H and O–H groups in total. The Morgan fingerprint density at radius 1 is 1.06 bits per heavy atom. The van der Waals surface area contributed by atoms with Crippen LogP contribution < -0.4 is 15.5 Å². The molecule has 0 amide bonds. The number of rotatable bonds is 7. The van der Waals surface area contributed by atoms with Gasteiger partial charge in [0.1, 0.15) is 11.6 Å². The molecule has 0 bridgehead atoms. The van der Waals surface area contributed by atoms with Crippen molar-refractivity contribution in [3.8, 4) is 0 Å². The van der Waals surface area contributed by atoms with E-state index in [1.54, 1.807) is 24.4 Å². The number of hydrogen-bond donors (Lipinski definition) is 2. The SMILES string of the molecule is O=C(Cc1ccnc(Nc2cc(C3CC3)nc(N3CCNCC3)n2)c1)c1c(Cl)cccc1Cl. The van der Waals surface area contributed by atoms with Crippen molar-refractivity contribution in [2.45, 2.75) is 25.2 Å². The number of pyridine rings is 1. The summed E-state index contributed by atoms with van der Waals surface area (Å²) in [7, 11) is 0. The summed E-state index contributed by atoms with van der Waals surface area (Å²) in [5, 5.41) is 7.39. The van der Waals surface area contributed by atoms with E-state index in [0.717, 1.165) is 56.2 Å². The number of hydrogen-bond acceptors (Lipinski definition) is 7. The monoisotopic (exact) mass is 482 g/mol. The average molecular weight is 483 g/mol. The number of halogens is 2. The van der Waals surface area contributed by atoms with Crippen molar-refractivity contribution in [2.24, 2.45) is 0 Å². The molecule has 7 nitrogen and oxygen atoms in total. The molecule has 0 atom stereocenters. The molecule has 33 heavy (non-hydrogen) atoms. The fourth-order valence-electron chi connectivity index (χ4n) is 3.93. The molecule has 1 saturated heterocycles. The van der Waals surface area contributed by atoms with Crippen molar-refractivity contribution in [3.05, 3.63) is 69.5 Å². The van der Waals surface area contributed by atoms with Crippen molar-refractivity contribution in [2.75, 3.05) is 36.4 Å². The highest BCUT2D eigenvalue weighted by molar-refractivity contribution is 6.39. The lowest BCUT2D eigenvalue weighted by atomic mass is 10.0. The van der Waals surface area contributed by atoms with Crippen LogP contribution in [0.3, 0.4) is 0 Å².